The van der Waals surface area contributed by atoms with Gasteiger partial charge in [-0.05, 0) is 36.3 Å². The first-order valence-electron chi connectivity index (χ1n) is 11.1. The molecule has 6 nitrogen and oxygen atoms in total. The van der Waals surface area contributed by atoms with Crippen LogP contribution in [0.15, 0.2) is 65.7 Å². The SMILES string of the molecule is CN=C(NCC(=O)N1CCC(Cc2ccccc2)CC1)NCC(CO)c1ccccc1.I. The molecule has 1 heterocycles. The molecule has 3 rings (SSSR count). The number of halogens is 1. The summed E-state index contributed by atoms with van der Waals surface area (Å²) in [5.41, 5.74) is 2.45. The molecule has 174 valence electrons. The van der Waals surface area contributed by atoms with Crippen molar-refractivity contribution in [1.82, 2.24) is 15.5 Å². The standard InChI is InChI=1S/C25H34N4O2.HI/c1-26-25(27-17-23(19-30)22-10-6-3-7-11-22)28-18-24(31)29-14-12-21(13-15-29)16-20-8-4-2-5-9-20;/h2-11,21,23,30H,12-19H2,1H3,(H2,26,27,28);1H. The third-order valence-electron chi connectivity index (χ3n) is 5.97. The number of hydrogen-bond donors (Lipinski definition) is 3. The van der Waals surface area contributed by atoms with E-state index in [4.69, 9.17) is 0 Å². The number of guanidine groups is 1. The molecule has 0 saturated carbocycles. The molecule has 2 aromatic rings. The summed E-state index contributed by atoms with van der Waals surface area (Å²) in [7, 11) is 1.69. The van der Waals surface area contributed by atoms with Gasteiger partial charge in [0.1, 0.15) is 0 Å². The molecule has 1 aliphatic heterocycles. The summed E-state index contributed by atoms with van der Waals surface area (Å²) >= 11 is 0. The molecule has 0 aromatic heterocycles. The second-order valence-corrected chi connectivity index (χ2v) is 8.11. The van der Waals surface area contributed by atoms with E-state index in [9.17, 15) is 9.90 Å². The summed E-state index contributed by atoms with van der Waals surface area (Å²) in [4.78, 5) is 18.8. The number of nitrogens with one attached hydrogen (secondary N) is 2. The van der Waals surface area contributed by atoms with E-state index in [1.54, 1.807) is 7.05 Å². The van der Waals surface area contributed by atoms with E-state index < -0.39 is 0 Å². The van der Waals surface area contributed by atoms with Gasteiger partial charge in [0.05, 0.1) is 13.2 Å². The van der Waals surface area contributed by atoms with Crippen LogP contribution in [0.2, 0.25) is 0 Å². The highest BCUT2D eigenvalue weighted by molar-refractivity contribution is 14.0. The molecular formula is C25H35IN4O2. The van der Waals surface area contributed by atoms with Crippen LogP contribution in [0.25, 0.3) is 0 Å². The van der Waals surface area contributed by atoms with Crippen LogP contribution in [0, 0.1) is 5.92 Å². The zero-order valence-electron chi connectivity index (χ0n) is 18.7. The van der Waals surface area contributed by atoms with Crippen LogP contribution in [0.5, 0.6) is 0 Å². The highest BCUT2D eigenvalue weighted by Crippen LogP contribution is 2.21. The smallest absolute Gasteiger partial charge is 0.241 e. The van der Waals surface area contributed by atoms with Crippen molar-refractivity contribution < 1.29 is 9.90 Å². The lowest BCUT2D eigenvalue weighted by atomic mass is 9.90. The summed E-state index contributed by atoms with van der Waals surface area (Å²) in [5, 5.41) is 16.0. The van der Waals surface area contributed by atoms with Crippen molar-refractivity contribution in [2.75, 3.05) is 39.8 Å². The molecule has 1 aliphatic rings. The quantitative estimate of drug-likeness (QED) is 0.269. The van der Waals surface area contributed by atoms with Gasteiger partial charge in [-0.2, -0.15) is 0 Å². The first kappa shape index (κ1) is 26.1. The van der Waals surface area contributed by atoms with Gasteiger partial charge < -0.3 is 20.6 Å². The van der Waals surface area contributed by atoms with Gasteiger partial charge in [-0.3, -0.25) is 9.79 Å². The lowest BCUT2D eigenvalue weighted by molar-refractivity contribution is -0.131. The van der Waals surface area contributed by atoms with Crippen molar-refractivity contribution in [3.8, 4) is 0 Å². The molecule has 3 N–H and O–H groups in total. The summed E-state index contributed by atoms with van der Waals surface area (Å²) in [5.74, 6) is 1.28. The molecule has 0 bridgehead atoms. The van der Waals surface area contributed by atoms with E-state index in [1.165, 1.54) is 5.56 Å². The first-order chi connectivity index (χ1) is 15.2. The van der Waals surface area contributed by atoms with Crippen LogP contribution in [-0.2, 0) is 11.2 Å². The lowest BCUT2D eigenvalue weighted by Crippen LogP contribution is -2.47. The van der Waals surface area contributed by atoms with Gasteiger partial charge in [0.2, 0.25) is 5.91 Å². The summed E-state index contributed by atoms with van der Waals surface area (Å²) in [6.45, 7) is 2.43. The third-order valence-corrected chi connectivity index (χ3v) is 5.97. The number of piperidine rings is 1. The first-order valence-corrected chi connectivity index (χ1v) is 11.1. The van der Waals surface area contributed by atoms with E-state index in [0.717, 1.165) is 37.9 Å². The Hall–Kier alpha value is -2.13. The topological polar surface area (TPSA) is 77.0 Å². The van der Waals surface area contributed by atoms with E-state index >= 15 is 0 Å². The van der Waals surface area contributed by atoms with Crippen LogP contribution in [-0.4, -0.2) is 61.7 Å². The number of carbonyl (C=O) groups is 1. The second kappa shape index (κ2) is 14.1. The van der Waals surface area contributed by atoms with Crippen molar-refractivity contribution in [3.63, 3.8) is 0 Å². The Bertz CT molecular complexity index is 824. The predicted octanol–water partition coefficient (Wildman–Crippen LogP) is 3.03. The number of carbonyl (C=O) groups excluding carboxylic acids is 1. The van der Waals surface area contributed by atoms with Gasteiger partial charge in [-0.1, -0.05) is 60.7 Å². The summed E-state index contributed by atoms with van der Waals surface area (Å²) in [6, 6.07) is 20.5. The molecule has 0 radical (unpaired) electrons. The van der Waals surface area contributed by atoms with Crippen molar-refractivity contribution >= 4 is 35.8 Å². The molecule has 1 unspecified atom stereocenters. The summed E-state index contributed by atoms with van der Waals surface area (Å²) in [6.07, 6.45) is 3.18. The molecule has 7 heteroatoms. The minimum atomic E-state index is -0.0286. The Balaban J connectivity index is 0.00000363. The van der Waals surface area contributed by atoms with Crippen molar-refractivity contribution in [2.24, 2.45) is 10.9 Å². The predicted molar refractivity (Wildman–Crippen MR) is 140 cm³/mol. The van der Waals surface area contributed by atoms with Gasteiger partial charge in [0, 0.05) is 32.6 Å². The number of aliphatic hydroxyl groups is 1. The normalized spacial score (nSPS) is 15.6. The maximum atomic E-state index is 12.6. The monoisotopic (exact) mass is 550 g/mol. The number of hydrogen-bond acceptors (Lipinski definition) is 3. The Morgan fingerprint density at radius 1 is 1.06 bits per heavy atom. The molecule has 0 spiro atoms. The number of rotatable bonds is 8. The number of likely N-dealkylation sites (tertiary alicyclic amines) is 1. The largest absolute Gasteiger partial charge is 0.396 e. The molecule has 0 aliphatic carbocycles. The molecule has 1 atom stereocenters. The van der Waals surface area contributed by atoms with Crippen LogP contribution in [0.1, 0.15) is 29.9 Å². The molecule has 2 aromatic carbocycles. The van der Waals surface area contributed by atoms with Crippen molar-refractivity contribution in [2.45, 2.75) is 25.2 Å². The summed E-state index contributed by atoms with van der Waals surface area (Å²) < 4.78 is 0. The lowest BCUT2D eigenvalue weighted by Gasteiger charge is -2.32. The number of nitrogens with zero attached hydrogens (tertiary/aromatic N) is 2. The van der Waals surface area contributed by atoms with E-state index in [0.29, 0.717) is 18.4 Å². The second-order valence-electron chi connectivity index (χ2n) is 8.11. The third kappa shape index (κ3) is 8.09. The van der Waals surface area contributed by atoms with Gasteiger partial charge >= 0.3 is 0 Å². The fourth-order valence-corrected chi connectivity index (χ4v) is 4.06. The maximum Gasteiger partial charge on any atom is 0.241 e. The molecular weight excluding hydrogens is 515 g/mol. The highest BCUT2D eigenvalue weighted by atomic mass is 127. The maximum absolute atomic E-state index is 12.6. The number of aliphatic imine (C=N–C) groups is 1. The molecule has 1 amide bonds. The minimum absolute atomic E-state index is 0. The van der Waals surface area contributed by atoms with E-state index in [-0.39, 0.29) is 49.0 Å². The van der Waals surface area contributed by atoms with Gasteiger partial charge in [0.25, 0.3) is 0 Å². The van der Waals surface area contributed by atoms with Crippen LogP contribution in [0.3, 0.4) is 0 Å². The van der Waals surface area contributed by atoms with E-state index in [1.807, 2.05) is 41.3 Å². The highest BCUT2D eigenvalue weighted by Gasteiger charge is 2.23. The van der Waals surface area contributed by atoms with Crippen molar-refractivity contribution in [3.05, 3.63) is 71.8 Å². The van der Waals surface area contributed by atoms with Crippen LogP contribution >= 0.6 is 24.0 Å². The molecule has 1 fully saturated rings. The van der Waals surface area contributed by atoms with Crippen LogP contribution < -0.4 is 10.6 Å². The van der Waals surface area contributed by atoms with Gasteiger partial charge in [-0.25, -0.2) is 0 Å². The zero-order chi connectivity index (χ0) is 21.9. The van der Waals surface area contributed by atoms with Crippen molar-refractivity contribution in [1.29, 1.82) is 0 Å². The minimum Gasteiger partial charge on any atom is -0.396 e. The molecule has 32 heavy (non-hydrogen) atoms. The Morgan fingerprint density at radius 2 is 1.69 bits per heavy atom. The number of amides is 1. The zero-order valence-corrected chi connectivity index (χ0v) is 21.1. The van der Waals surface area contributed by atoms with E-state index in [2.05, 4.69) is 39.9 Å². The van der Waals surface area contributed by atoms with Gasteiger partial charge in [0.15, 0.2) is 5.96 Å². The Labute approximate surface area is 208 Å². The number of aliphatic hydroxyl groups excluding tert-OH is 1. The average Bonchev–Trinajstić information content (AvgIpc) is 2.83. The Morgan fingerprint density at radius 3 is 2.28 bits per heavy atom. The van der Waals surface area contributed by atoms with Crippen LogP contribution in [0.4, 0.5) is 0 Å². The Kier molecular flexibility index (Phi) is 11.5. The molecule has 1 saturated heterocycles. The van der Waals surface area contributed by atoms with Gasteiger partial charge in [-0.15, -0.1) is 24.0 Å². The average molecular weight is 550 g/mol. The fraction of sp³-hybridized carbons (Fsp3) is 0.440. The fourth-order valence-electron chi connectivity index (χ4n) is 4.06. The number of benzene rings is 2.